The van der Waals surface area contributed by atoms with Gasteiger partial charge in [-0.25, -0.2) is 0 Å². The molecule has 124 valence electrons. The van der Waals surface area contributed by atoms with Gasteiger partial charge in [0.1, 0.15) is 0 Å². The first-order valence-corrected chi connectivity index (χ1v) is 8.14. The smallest absolute Gasteiger partial charge is 0.271 e. The third kappa shape index (κ3) is 3.79. The van der Waals surface area contributed by atoms with Gasteiger partial charge in [0.15, 0.2) is 0 Å². The molecular weight excluding hydrogens is 296 g/mol. The molecule has 2 fully saturated rings. The SMILES string of the molecule is O=C(CC1CCCN1)N1CCN(c2cccc([N+](=O)[O-])c2)CC1. The largest absolute Gasteiger partial charge is 0.368 e. The highest BCUT2D eigenvalue weighted by atomic mass is 16.6. The molecule has 1 atom stereocenters. The van der Waals surface area contributed by atoms with Crippen LogP contribution in [0.25, 0.3) is 0 Å². The quantitative estimate of drug-likeness (QED) is 0.670. The topological polar surface area (TPSA) is 78.7 Å². The number of benzene rings is 1. The average molecular weight is 318 g/mol. The summed E-state index contributed by atoms with van der Waals surface area (Å²) in [6, 6.07) is 7.01. The molecule has 1 unspecified atom stereocenters. The molecule has 0 bridgehead atoms. The Bertz CT molecular complexity index is 578. The van der Waals surface area contributed by atoms with Gasteiger partial charge in [-0.2, -0.15) is 0 Å². The third-order valence-electron chi connectivity index (χ3n) is 4.62. The van der Waals surface area contributed by atoms with E-state index in [1.807, 2.05) is 11.0 Å². The van der Waals surface area contributed by atoms with Crippen LogP contribution in [-0.4, -0.2) is 54.5 Å². The number of hydrogen-bond acceptors (Lipinski definition) is 5. The number of anilines is 1. The molecule has 1 aromatic rings. The Morgan fingerprint density at radius 1 is 1.30 bits per heavy atom. The first-order valence-electron chi connectivity index (χ1n) is 8.14. The van der Waals surface area contributed by atoms with E-state index >= 15 is 0 Å². The van der Waals surface area contributed by atoms with E-state index in [0.29, 0.717) is 38.6 Å². The molecule has 3 rings (SSSR count). The molecule has 1 aromatic carbocycles. The van der Waals surface area contributed by atoms with Gasteiger partial charge >= 0.3 is 0 Å². The van der Waals surface area contributed by atoms with Gasteiger partial charge in [-0.3, -0.25) is 14.9 Å². The van der Waals surface area contributed by atoms with Crippen LogP contribution in [0.4, 0.5) is 11.4 Å². The van der Waals surface area contributed by atoms with Gasteiger partial charge < -0.3 is 15.1 Å². The lowest BCUT2D eigenvalue weighted by Crippen LogP contribution is -2.49. The summed E-state index contributed by atoms with van der Waals surface area (Å²) in [4.78, 5) is 26.8. The summed E-state index contributed by atoms with van der Waals surface area (Å²) in [6.07, 6.45) is 2.81. The molecule has 7 heteroatoms. The Kier molecular flexibility index (Phi) is 4.76. The van der Waals surface area contributed by atoms with Crippen molar-refractivity contribution in [1.82, 2.24) is 10.2 Å². The molecule has 1 amide bonds. The maximum absolute atomic E-state index is 12.3. The van der Waals surface area contributed by atoms with Crippen LogP contribution in [0.15, 0.2) is 24.3 Å². The number of nitro benzene ring substituents is 1. The number of nitro groups is 1. The highest BCUT2D eigenvalue weighted by molar-refractivity contribution is 5.77. The van der Waals surface area contributed by atoms with Crippen LogP contribution >= 0.6 is 0 Å². The predicted octanol–water partition coefficient (Wildman–Crippen LogP) is 1.39. The molecule has 0 aliphatic carbocycles. The molecule has 2 heterocycles. The average Bonchev–Trinajstić information content (AvgIpc) is 3.08. The maximum Gasteiger partial charge on any atom is 0.271 e. The molecule has 0 radical (unpaired) electrons. The first-order chi connectivity index (χ1) is 11.1. The van der Waals surface area contributed by atoms with Crippen LogP contribution in [0.2, 0.25) is 0 Å². The van der Waals surface area contributed by atoms with Crippen molar-refractivity contribution >= 4 is 17.3 Å². The minimum absolute atomic E-state index is 0.105. The van der Waals surface area contributed by atoms with Gasteiger partial charge in [-0.05, 0) is 25.5 Å². The number of hydrogen-bond donors (Lipinski definition) is 1. The van der Waals surface area contributed by atoms with E-state index in [9.17, 15) is 14.9 Å². The predicted molar refractivity (Wildman–Crippen MR) is 87.5 cm³/mol. The van der Waals surface area contributed by atoms with E-state index in [4.69, 9.17) is 0 Å². The Hall–Kier alpha value is -2.15. The van der Waals surface area contributed by atoms with Gasteiger partial charge in [0.2, 0.25) is 5.91 Å². The second-order valence-corrected chi connectivity index (χ2v) is 6.14. The number of carbonyl (C=O) groups is 1. The molecule has 2 aliphatic rings. The number of nitrogens with one attached hydrogen (secondary N) is 1. The minimum Gasteiger partial charge on any atom is -0.368 e. The summed E-state index contributed by atoms with van der Waals surface area (Å²) in [5.74, 6) is 0.211. The van der Waals surface area contributed by atoms with Crippen molar-refractivity contribution in [3.8, 4) is 0 Å². The normalized spacial score (nSPS) is 21.5. The van der Waals surface area contributed by atoms with E-state index < -0.39 is 0 Å². The Morgan fingerprint density at radius 3 is 2.74 bits per heavy atom. The molecule has 0 saturated carbocycles. The van der Waals surface area contributed by atoms with E-state index in [1.165, 1.54) is 6.07 Å². The number of amides is 1. The van der Waals surface area contributed by atoms with E-state index in [1.54, 1.807) is 12.1 Å². The summed E-state index contributed by atoms with van der Waals surface area (Å²) in [5, 5.41) is 14.2. The molecule has 23 heavy (non-hydrogen) atoms. The molecule has 0 spiro atoms. The number of non-ortho nitro benzene ring substituents is 1. The van der Waals surface area contributed by atoms with E-state index in [2.05, 4.69) is 10.2 Å². The summed E-state index contributed by atoms with van der Waals surface area (Å²) in [7, 11) is 0. The van der Waals surface area contributed by atoms with Crippen molar-refractivity contribution in [2.24, 2.45) is 0 Å². The minimum atomic E-state index is -0.377. The fourth-order valence-corrected chi connectivity index (χ4v) is 3.29. The van der Waals surface area contributed by atoms with Crippen LogP contribution in [0.5, 0.6) is 0 Å². The van der Waals surface area contributed by atoms with Crippen LogP contribution in [0.1, 0.15) is 19.3 Å². The van der Waals surface area contributed by atoms with Crippen LogP contribution in [0.3, 0.4) is 0 Å². The summed E-state index contributed by atoms with van der Waals surface area (Å²) < 4.78 is 0. The van der Waals surface area contributed by atoms with Crippen molar-refractivity contribution in [3.05, 3.63) is 34.4 Å². The Balaban J connectivity index is 1.54. The lowest BCUT2D eigenvalue weighted by Gasteiger charge is -2.36. The van der Waals surface area contributed by atoms with Gasteiger partial charge in [0, 0.05) is 56.5 Å². The van der Waals surface area contributed by atoms with Crippen LogP contribution < -0.4 is 10.2 Å². The lowest BCUT2D eigenvalue weighted by molar-refractivity contribution is -0.384. The zero-order chi connectivity index (χ0) is 16.2. The van der Waals surface area contributed by atoms with Crippen molar-refractivity contribution in [1.29, 1.82) is 0 Å². The summed E-state index contributed by atoms with van der Waals surface area (Å²) >= 11 is 0. The molecule has 7 nitrogen and oxygen atoms in total. The molecule has 0 aromatic heterocycles. The fourth-order valence-electron chi connectivity index (χ4n) is 3.29. The standard InChI is InChI=1S/C16H22N4O3/c21-16(11-13-3-2-6-17-13)19-9-7-18(8-10-19)14-4-1-5-15(12-14)20(22)23/h1,4-5,12-13,17H,2-3,6-11H2. The highest BCUT2D eigenvalue weighted by Crippen LogP contribution is 2.22. The van der Waals surface area contributed by atoms with Crippen molar-refractivity contribution in [2.45, 2.75) is 25.3 Å². The zero-order valence-corrected chi connectivity index (χ0v) is 13.1. The number of piperazine rings is 1. The van der Waals surface area contributed by atoms with Gasteiger partial charge in [-0.15, -0.1) is 0 Å². The Labute approximate surface area is 135 Å². The van der Waals surface area contributed by atoms with Crippen molar-refractivity contribution in [3.63, 3.8) is 0 Å². The van der Waals surface area contributed by atoms with Crippen LogP contribution in [0, 0.1) is 10.1 Å². The second kappa shape index (κ2) is 6.95. The maximum atomic E-state index is 12.3. The zero-order valence-electron chi connectivity index (χ0n) is 13.1. The lowest BCUT2D eigenvalue weighted by atomic mass is 10.1. The molecule has 2 aliphatic heterocycles. The highest BCUT2D eigenvalue weighted by Gasteiger charge is 2.25. The van der Waals surface area contributed by atoms with Crippen LogP contribution in [-0.2, 0) is 4.79 Å². The fraction of sp³-hybridized carbons (Fsp3) is 0.562. The Morgan fingerprint density at radius 2 is 2.09 bits per heavy atom. The molecule has 2 saturated heterocycles. The van der Waals surface area contributed by atoms with Crippen molar-refractivity contribution in [2.75, 3.05) is 37.6 Å². The number of nitrogens with zero attached hydrogens (tertiary/aromatic N) is 3. The third-order valence-corrected chi connectivity index (χ3v) is 4.62. The monoisotopic (exact) mass is 318 g/mol. The number of carbonyl (C=O) groups excluding carboxylic acids is 1. The molecule has 1 N–H and O–H groups in total. The van der Waals surface area contributed by atoms with Gasteiger partial charge in [0.25, 0.3) is 5.69 Å². The number of rotatable bonds is 4. The summed E-state index contributed by atoms with van der Waals surface area (Å²) in [5.41, 5.74) is 0.956. The van der Waals surface area contributed by atoms with E-state index in [0.717, 1.165) is 25.1 Å². The second-order valence-electron chi connectivity index (χ2n) is 6.14. The van der Waals surface area contributed by atoms with Crippen molar-refractivity contribution < 1.29 is 9.72 Å². The summed E-state index contributed by atoms with van der Waals surface area (Å²) in [6.45, 7) is 3.79. The van der Waals surface area contributed by atoms with Gasteiger partial charge in [-0.1, -0.05) is 6.07 Å². The first kappa shape index (κ1) is 15.7. The van der Waals surface area contributed by atoms with Gasteiger partial charge in [0.05, 0.1) is 4.92 Å². The van der Waals surface area contributed by atoms with E-state index in [-0.39, 0.29) is 16.5 Å². The molecular formula is C16H22N4O3.